The number of nitrogens with one attached hydrogen (secondary N) is 1. The highest BCUT2D eigenvalue weighted by Crippen LogP contribution is 2.15. The molecule has 0 aliphatic heterocycles. The third-order valence-electron chi connectivity index (χ3n) is 2.65. The van der Waals surface area contributed by atoms with Crippen LogP contribution in [0.4, 0.5) is 10.5 Å². The highest BCUT2D eigenvalue weighted by Gasteiger charge is 2.16. The van der Waals surface area contributed by atoms with E-state index in [4.69, 9.17) is 5.11 Å². The maximum Gasteiger partial charge on any atom is 0.337 e. The summed E-state index contributed by atoms with van der Waals surface area (Å²) >= 11 is 0. The van der Waals surface area contributed by atoms with Gasteiger partial charge in [0, 0.05) is 13.1 Å². The Balaban J connectivity index is 2.84. The van der Waals surface area contributed by atoms with Crippen LogP contribution in [-0.4, -0.2) is 35.1 Å². The first-order chi connectivity index (χ1) is 8.95. The molecule has 0 fully saturated rings. The van der Waals surface area contributed by atoms with Crippen molar-refractivity contribution in [3.8, 4) is 0 Å². The Kier molecular flexibility index (Phi) is 5.36. The Morgan fingerprint density at radius 2 is 1.95 bits per heavy atom. The van der Waals surface area contributed by atoms with Gasteiger partial charge in [0.25, 0.3) is 0 Å². The van der Waals surface area contributed by atoms with Crippen molar-refractivity contribution < 1.29 is 14.7 Å². The molecule has 0 atom stereocenters. The number of carbonyl (C=O) groups is 2. The molecule has 0 spiro atoms. The molecule has 5 nitrogen and oxygen atoms in total. The number of nitrogens with zero attached hydrogens (tertiary/aromatic N) is 1. The summed E-state index contributed by atoms with van der Waals surface area (Å²) in [5.41, 5.74) is 0.415. The molecule has 104 valence electrons. The van der Waals surface area contributed by atoms with Crippen molar-refractivity contribution >= 4 is 17.7 Å². The SMILES string of the molecule is CCN(CC(C)C)C(=O)Nc1ccccc1C(=O)O. The van der Waals surface area contributed by atoms with Gasteiger partial charge in [-0.05, 0) is 25.0 Å². The quantitative estimate of drug-likeness (QED) is 0.859. The molecule has 0 saturated heterocycles. The number of carboxylic acids is 1. The van der Waals surface area contributed by atoms with E-state index in [-0.39, 0.29) is 11.6 Å². The topological polar surface area (TPSA) is 69.6 Å². The third kappa shape index (κ3) is 4.28. The molecule has 0 aromatic heterocycles. The first-order valence-corrected chi connectivity index (χ1v) is 6.34. The number of anilines is 1. The highest BCUT2D eigenvalue weighted by molar-refractivity contribution is 5.99. The van der Waals surface area contributed by atoms with E-state index in [2.05, 4.69) is 5.32 Å². The van der Waals surface area contributed by atoms with Gasteiger partial charge in [-0.1, -0.05) is 26.0 Å². The molecule has 19 heavy (non-hydrogen) atoms. The maximum absolute atomic E-state index is 12.1. The molecule has 0 aliphatic carbocycles. The van der Waals surface area contributed by atoms with Crippen molar-refractivity contribution in [2.45, 2.75) is 20.8 Å². The first-order valence-electron chi connectivity index (χ1n) is 6.34. The predicted molar refractivity (Wildman–Crippen MR) is 74.5 cm³/mol. The van der Waals surface area contributed by atoms with Gasteiger partial charge in [-0.2, -0.15) is 0 Å². The number of carbonyl (C=O) groups excluding carboxylic acids is 1. The number of aromatic carboxylic acids is 1. The van der Waals surface area contributed by atoms with Crippen LogP contribution in [0, 0.1) is 5.92 Å². The zero-order valence-electron chi connectivity index (χ0n) is 11.5. The van der Waals surface area contributed by atoms with Gasteiger partial charge in [0.05, 0.1) is 11.3 Å². The van der Waals surface area contributed by atoms with E-state index in [0.717, 1.165) is 0 Å². The molecule has 0 saturated carbocycles. The standard InChI is InChI=1S/C14H20N2O3/c1-4-16(9-10(2)3)14(19)15-12-8-6-5-7-11(12)13(17)18/h5-8,10H,4,9H2,1-3H3,(H,15,19)(H,17,18). The summed E-state index contributed by atoms with van der Waals surface area (Å²) in [5, 5.41) is 11.7. The Hall–Kier alpha value is -2.04. The van der Waals surface area contributed by atoms with E-state index >= 15 is 0 Å². The lowest BCUT2D eigenvalue weighted by molar-refractivity contribution is 0.0698. The van der Waals surface area contributed by atoms with Crippen molar-refractivity contribution in [3.05, 3.63) is 29.8 Å². The van der Waals surface area contributed by atoms with Crippen molar-refractivity contribution in [2.75, 3.05) is 18.4 Å². The fraction of sp³-hybridized carbons (Fsp3) is 0.429. The third-order valence-corrected chi connectivity index (χ3v) is 2.65. The van der Waals surface area contributed by atoms with Crippen LogP contribution in [0.1, 0.15) is 31.1 Å². The molecule has 5 heteroatoms. The lowest BCUT2D eigenvalue weighted by Crippen LogP contribution is -2.37. The Labute approximate surface area is 113 Å². The summed E-state index contributed by atoms with van der Waals surface area (Å²) in [5.74, 6) is -0.691. The largest absolute Gasteiger partial charge is 0.478 e. The monoisotopic (exact) mass is 264 g/mol. The summed E-state index contributed by atoms with van der Waals surface area (Å²) in [6, 6.07) is 6.11. The Morgan fingerprint density at radius 1 is 1.32 bits per heavy atom. The maximum atomic E-state index is 12.1. The van der Waals surface area contributed by atoms with Crippen LogP contribution >= 0.6 is 0 Å². The number of hydrogen-bond acceptors (Lipinski definition) is 2. The summed E-state index contributed by atoms with van der Waals surface area (Å²) in [7, 11) is 0. The summed E-state index contributed by atoms with van der Waals surface area (Å²) in [6.45, 7) is 7.17. The Bertz CT molecular complexity index is 458. The number of benzene rings is 1. The van der Waals surface area contributed by atoms with E-state index in [9.17, 15) is 9.59 Å². The minimum Gasteiger partial charge on any atom is -0.478 e. The molecule has 2 N–H and O–H groups in total. The minimum atomic E-state index is -1.05. The Morgan fingerprint density at radius 3 is 2.47 bits per heavy atom. The van der Waals surface area contributed by atoms with Crippen molar-refractivity contribution in [1.29, 1.82) is 0 Å². The number of urea groups is 1. The van der Waals surface area contributed by atoms with Gasteiger partial charge in [-0.25, -0.2) is 9.59 Å². The predicted octanol–water partition coefficient (Wildman–Crippen LogP) is 2.89. The van der Waals surface area contributed by atoms with E-state index in [1.54, 1.807) is 23.1 Å². The number of carboxylic acid groups (broad SMARTS) is 1. The molecule has 2 amide bonds. The average Bonchev–Trinajstić information content (AvgIpc) is 2.35. The molecule has 1 aromatic carbocycles. The second-order valence-electron chi connectivity index (χ2n) is 4.71. The normalized spacial score (nSPS) is 10.3. The van der Waals surface area contributed by atoms with Gasteiger partial charge in [0.2, 0.25) is 0 Å². The van der Waals surface area contributed by atoms with Crippen molar-refractivity contribution in [1.82, 2.24) is 4.90 Å². The number of amides is 2. The zero-order chi connectivity index (χ0) is 14.4. The molecule has 0 unspecified atom stereocenters. The highest BCUT2D eigenvalue weighted by atomic mass is 16.4. The fourth-order valence-electron chi connectivity index (χ4n) is 1.77. The van der Waals surface area contributed by atoms with E-state index < -0.39 is 5.97 Å². The molecule has 0 radical (unpaired) electrons. The van der Waals surface area contributed by atoms with E-state index in [0.29, 0.717) is 24.7 Å². The molecule has 0 heterocycles. The second-order valence-corrected chi connectivity index (χ2v) is 4.71. The van der Waals surface area contributed by atoms with Gasteiger partial charge < -0.3 is 15.3 Å². The minimum absolute atomic E-state index is 0.0939. The van der Waals surface area contributed by atoms with Crippen molar-refractivity contribution in [2.24, 2.45) is 5.92 Å². The molecule has 0 bridgehead atoms. The molecule has 1 rings (SSSR count). The van der Waals surface area contributed by atoms with Gasteiger partial charge in [-0.15, -0.1) is 0 Å². The van der Waals surface area contributed by atoms with Gasteiger partial charge in [0.15, 0.2) is 0 Å². The van der Waals surface area contributed by atoms with E-state index in [1.807, 2.05) is 20.8 Å². The van der Waals surface area contributed by atoms with Crippen LogP contribution in [0.15, 0.2) is 24.3 Å². The van der Waals surface area contributed by atoms with Crippen LogP contribution in [0.2, 0.25) is 0 Å². The molecule has 0 aliphatic rings. The summed E-state index contributed by atoms with van der Waals surface area (Å²) < 4.78 is 0. The lowest BCUT2D eigenvalue weighted by atomic mass is 10.2. The van der Waals surface area contributed by atoms with Gasteiger partial charge in [-0.3, -0.25) is 0 Å². The van der Waals surface area contributed by atoms with Crippen LogP contribution < -0.4 is 5.32 Å². The van der Waals surface area contributed by atoms with Crippen LogP contribution in [0.5, 0.6) is 0 Å². The first kappa shape index (κ1) is 15.0. The lowest BCUT2D eigenvalue weighted by Gasteiger charge is -2.23. The summed E-state index contributed by atoms with van der Waals surface area (Å²) in [4.78, 5) is 24.8. The molecular formula is C14H20N2O3. The zero-order valence-corrected chi connectivity index (χ0v) is 11.5. The van der Waals surface area contributed by atoms with E-state index in [1.165, 1.54) is 6.07 Å². The number of rotatable bonds is 5. The van der Waals surface area contributed by atoms with Crippen LogP contribution in [0.3, 0.4) is 0 Å². The van der Waals surface area contributed by atoms with Crippen molar-refractivity contribution in [3.63, 3.8) is 0 Å². The van der Waals surface area contributed by atoms with Crippen LogP contribution in [0.25, 0.3) is 0 Å². The molecular weight excluding hydrogens is 244 g/mol. The van der Waals surface area contributed by atoms with Gasteiger partial charge in [0.1, 0.15) is 0 Å². The molecule has 1 aromatic rings. The summed E-state index contributed by atoms with van der Waals surface area (Å²) in [6.07, 6.45) is 0. The second kappa shape index (κ2) is 6.78. The fourth-order valence-corrected chi connectivity index (χ4v) is 1.77. The average molecular weight is 264 g/mol. The number of para-hydroxylation sites is 1. The van der Waals surface area contributed by atoms with Gasteiger partial charge >= 0.3 is 12.0 Å². The number of hydrogen-bond donors (Lipinski definition) is 2. The van der Waals surface area contributed by atoms with Crippen LogP contribution in [-0.2, 0) is 0 Å². The smallest absolute Gasteiger partial charge is 0.337 e.